The topological polar surface area (TPSA) is 77.4 Å². The quantitative estimate of drug-likeness (QED) is 0.489. The summed E-state index contributed by atoms with van der Waals surface area (Å²) in [5, 5.41) is 16.8. The van der Waals surface area contributed by atoms with Gasteiger partial charge in [-0.05, 0) is 55.3 Å². The summed E-state index contributed by atoms with van der Waals surface area (Å²) < 4.78 is 2.54. The molecule has 8 heteroatoms. The van der Waals surface area contributed by atoms with Gasteiger partial charge in [0.05, 0.1) is 10.7 Å². The number of nitrogens with zero attached hydrogens (tertiary/aromatic N) is 6. The summed E-state index contributed by atoms with van der Waals surface area (Å²) in [4.78, 5) is 12.1. The standard InChI is InChI=1S/C15H20N6OS/c1-10(2)16-17-12(4)23-9-13-11(3)7-6-8-14(13)21-15(22)20(5)18-19-21/h6-8H,9H2,1-5H3. The molecule has 0 spiro atoms. The van der Waals surface area contributed by atoms with E-state index in [-0.39, 0.29) is 5.69 Å². The molecule has 0 N–H and O–H groups in total. The number of rotatable bonds is 4. The number of aromatic nitrogens is 4. The van der Waals surface area contributed by atoms with Gasteiger partial charge < -0.3 is 0 Å². The molecule has 0 fully saturated rings. The van der Waals surface area contributed by atoms with Crippen LogP contribution in [0.4, 0.5) is 0 Å². The molecule has 122 valence electrons. The van der Waals surface area contributed by atoms with Gasteiger partial charge in [0.25, 0.3) is 0 Å². The molecule has 0 radical (unpaired) electrons. The Morgan fingerprint density at radius 1 is 1.22 bits per heavy atom. The summed E-state index contributed by atoms with van der Waals surface area (Å²) in [7, 11) is 1.58. The minimum atomic E-state index is -0.265. The molecule has 0 aliphatic carbocycles. The molecule has 0 aliphatic heterocycles. The number of tetrazole rings is 1. The first-order valence-electron chi connectivity index (χ1n) is 7.16. The molecule has 7 nitrogen and oxygen atoms in total. The van der Waals surface area contributed by atoms with Crippen LogP contribution in [0.1, 0.15) is 31.9 Å². The zero-order valence-electron chi connectivity index (χ0n) is 13.9. The van der Waals surface area contributed by atoms with E-state index >= 15 is 0 Å². The van der Waals surface area contributed by atoms with E-state index in [1.165, 1.54) is 9.36 Å². The first-order chi connectivity index (χ1) is 10.9. The minimum absolute atomic E-state index is 0.265. The van der Waals surface area contributed by atoms with Gasteiger partial charge in [0.2, 0.25) is 0 Å². The zero-order chi connectivity index (χ0) is 17.0. The highest BCUT2D eigenvalue weighted by Crippen LogP contribution is 2.23. The Hall–Kier alpha value is -2.22. The number of hydrogen-bond acceptors (Lipinski definition) is 6. The molecule has 23 heavy (non-hydrogen) atoms. The molecule has 0 amide bonds. The smallest absolute Gasteiger partial charge is 0.244 e. The molecular weight excluding hydrogens is 312 g/mol. The van der Waals surface area contributed by atoms with Crippen molar-refractivity contribution in [1.82, 2.24) is 19.8 Å². The van der Waals surface area contributed by atoms with Crippen LogP contribution in [-0.4, -0.2) is 30.5 Å². The van der Waals surface area contributed by atoms with E-state index in [1.807, 2.05) is 45.9 Å². The molecule has 0 aliphatic rings. The average Bonchev–Trinajstić information content (AvgIpc) is 2.83. The lowest BCUT2D eigenvalue weighted by Gasteiger charge is -2.10. The van der Waals surface area contributed by atoms with Crippen LogP contribution in [0.3, 0.4) is 0 Å². The molecule has 1 aromatic carbocycles. The Morgan fingerprint density at radius 3 is 2.57 bits per heavy atom. The Labute approximate surface area is 139 Å². The van der Waals surface area contributed by atoms with Gasteiger partial charge in [0.15, 0.2) is 0 Å². The van der Waals surface area contributed by atoms with Crippen molar-refractivity contribution in [3.63, 3.8) is 0 Å². The fourth-order valence-electron chi connectivity index (χ4n) is 1.91. The van der Waals surface area contributed by atoms with E-state index in [1.54, 1.807) is 18.8 Å². The number of hydrogen-bond donors (Lipinski definition) is 0. The maximum Gasteiger partial charge on any atom is 0.368 e. The van der Waals surface area contributed by atoms with Gasteiger partial charge in [-0.1, -0.05) is 12.1 Å². The van der Waals surface area contributed by atoms with Crippen LogP contribution < -0.4 is 5.69 Å². The van der Waals surface area contributed by atoms with Gasteiger partial charge in [0, 0.05) is 18.5 Å². The molecule has 1 heterocycles. The van der Waals surface area contributed by atoms with Crippen molar-refractivity contribution in [3.05, 3.63) is 39.8 Å². The van der Waals surface area contributed by atoms with Crippen molar-refractivity contribution in [2.75, 3.05) is 0 Å². The monoisotopic (exact) mass is 332 g/mol. The van der Waals surface area contributed by atoms with E-state index in [2.05, 4.69) is 20.6 Å². The average molecular weight is 332 g/mol. The van der Waals surface area contributed by atoms with Gasteiger partial charge in [-0.25, -0.2) is 4.79 Å². The predicted molar refractivity (Wildman–Crippen MR) is 94.5 cm³/mol. The Kier molecular flexibility index (Phi) is 5.49. The third kappa shape index (κ3) is 4.16. The van der Waals surface area contributed by atoms with Gasteiger partial charge >= 0.3 is 5.69 Å². The highest BCUT2D eigenvalue weighted by atomic mass is 32.2. The fourth-order valence-corrected chi connectivity index (χ4v) is 2.74. The van der Waals surface area contributed by atoms with Gasteiger partial charge in [-0.15, -0.1) is 16.9 Å². The summed E-state index contributed by atoms with van der Waals surface area (Å²) in [6.07, 6.45) is 0. The van der Waals surface area contributed by atoms with E-state index in [9.17, 15) is 4.79 Å². The van der Waals surface area contributed by atoms with Crippen molar-refractivity contribution in [2.24, 2.45) is 17.3 Å². The maximum atomic E-state index is 12.1. The molecule has 0 bridgehead atoms. The fraction of sp³-hybridized carbons (Fsp3) is 0.400. The predicted octanol–water partition coefficient (Wildman–Crippen LogP) is 2.32. The van der Waals surface area contributed by atoms with E-state index in [0.717, 1.165) is 27.6 Å². The third-order valence-electron chi connectivity index (χ3n) is 3.15. The third-order valence-corrected chi connectivity index (χ3v) is 4.08. The van der Waals surface area contributed by atoms with Crippen LogP contribution in [0.25, 0.3) is 5.69 Å². The molecule has 1 aromatic heterocycles. The molecule has 2 aromatic rings. The first kappa shape index (κ1) is 17.1. The Morgan fingerprint density at radius 2 is 1.96 bits per heavy atom. The molecular formula is C15H20N6OS. The maximum absolute atomic E-state index is 12.1. The Balaban J connectivity index is 2.33. The van der Waals surface area contributed by atoms with Gasteiger partial charge in [-0.3, -0.25) is 0 Å². The largest absolute Gasteiger partial charge is 0.368 e. The second-order valence-corrected chi connectivity index (χ2v) is 6.49. The van der Waals surface area contributed by atoms with Crippen LogP contribution in [0, 0.1) is 6.92 Å². The second-order valence-electron chi connectivity index (χ2n) is 5.32. The summed E-state index contributed by atoms with van der Waals surface area (Å²) in [6.45, 7) is 7.74. The summed E-state index contributed by atoms with van der Waals surface area (Å²) >= 11 is 1.58. The second kappa shape index (κ2) is 7.36. The summed E-state index contributed by atoms with van der Waals surface area (Å²) in [5.74, 6) is 0.679. The molecule has 2 rings (SSSR count). The highest BCUT2D eigenvalue weighted by Gasteiger charge is 2.13. The lowest BCUT2D eigenvalue weighted by Crippen LogP contribution is -2.23. The van der Waals surface area contributed by atoms with Crippen LogP contribution in [0.5, 0.6) is 0 Å². The normalized spacial score (nSPS) is 11.6. The van der Waals surface area contributed by atoms with E-state index < -0.39 is 0 Å². The van der Waals surface area contributed by atoms with E-state index in [4.69, 9.17) is 0 Å². The van der Waals surface area contributed by atoms with Crippen molar-refractivity contribution >= 4 is 22.5 Å². The molecule has 0 unspecified atom stereocenters. The van der Waals surface area contributed by atoms with Crippen LogP contribution >= 0.6 is 11.8 Å². The summed E-state index contributed by atoms with van der Waals surface area (Å²) in [5.41, 5.74) is 3.52. The lowest BCUT2D eigenvalue weighted by atomic mass is 10.1. The highest BCUT2D eigenvalue weighted by molar-refractivity contribution is 8.13. The van der Waals surface area contributed by atoms with Crippen LogP contribution in [-0.2, 0) is 12.8 Å². The van der Waals surface area contributed by atoms with Crippen LogP contribution in [0.15, 0.2) is 33.2 Å². The van der Waals surface area contributed by atoms with Crippen molar-refractivity contribution in [2.45, 2.75) is 33.4 Å². The number of aryl methyl sites for hydroxylation is 2. The first-order valence-corrected chi connectivity index (χ1v) is 8.15. The molecule has 0 atom stereocenters. The van der Waals surface area contributed by atoms with Crippen LogP contribution in [0.2, 0.25) is 0 Å². The SMILES string of the molecule is CC(C)=NN=C(C)SCc1c(C)cccc1-n1nnn(C)c1=O. The Bertz CT molecular complexity index is 814. The van der Waals surface area contributed by atoms with Gasteiger partial charge in [-0.2, -0.15) is 14.5 Å². The minimum Gasteiger partial charge on any atom is -0.244 e. The number of benzene rings is 1. The molecule has 0 saturated heterocycles. The van der Waals surface area contributed by atoms with Crippen molar-refractivity contribution < 1.29 is 0 Å². The lowest BCUT2D eigenvalue weighted by molar-refractivity contribution is 0.692. The summed E-state index contributed by atoms with van der Waals surface area (Å²) in [6, 6.07) is 5.80. The van der Waals surface area contributed by atoms with E-state index in [0.29, 0.717) is 5.75 Å². The van der Waals surface area contributed by atoms with Crippen molar-refractivity contribution in [1.29, 1.82) is 0 Å². The van der Waals surface area contributed by atoms with Gasteiger partial charge in [0.1, 0.15) is 0 Å². The number of thioether (sulfide) groups is 1. The zero-order valence-corrected chi connectivity index (χ0v) is 14.8. The molecule has 0 saturated carbocycles. The van der Waals surface area contributed by atoms with Crippen molar-refractivity contribution in [3.8, 4) is 5.69 Å².